The monoisotopic (exact) mass is 569 g/mol. The maximum atomic E-state index is 12.9. The summed E-state index contributed by atoms with van der Waals surface area (Å²) in [4.78, 5) is 6.00. The maximum Gasteiger partial charge on any atom is 0.243 e. The molecule has 0 radical (unpaired) electrons. The van der Waals surface area contributed by atoms with Gasteiger partial charge in [-0.05, 0) is 47.5 Å². The average Bonchev–Trinajstić information content (AvgIpc) is 3.27. The van der Waals surface area contributed by atoms with E-state index in [2.05, 4.69) is 50.1 Å². The van der Waals surface area contributed by atoms with Crippen LogP contribution in [0.5, 0.6) is 0 Å². The molecule has 1 aromatic heterocycles. The summed E-state index contributed by atoms with van der Waals surface area (Å²) in [7, 11) is -3.53. The van der Waals surface area contributed by atoms with E-state index in [0.717, 1.165) is 20.5 Å². The van der Waals surface area contributed by atoms with Gasteiger partial charge in [0.1, 0.15) is 0 Å². The summed E-state index contributed by atoms with van der Waals surface area (Å²) in [5.74, 6) is 0. The molecular formula is C26H24BrN3O3S2. The van der Waals surface area contributed by atoms with Gasteiger partial charge in [-0.2, -0.15) is 4.31 Å². The van der Waals surface area contributed by atoms with E-state index in [-0.39, 0.29) is 4.90 Å². The van der Waals surface area contributed by atoms with Crippen LogP contribution in [0.3, 0.4) is 0 Å². The second kappa shape index (κ2) is 10.6. The van der Waals surface area contributed by atoms with E-state index in [1.165, 1.54) is 9.87 Å². The fraction of sp³-hybridized carbons (Fsp3) is 0.192. The Balaban J connectivity index is 1.50. The third kappa shape index (κ3) is 5.49. The van der Waals surface area contributed by atoms with E-state index in [1.54, 1.807) is 35.6 Å². The van der Waals surface area contributed by atoms with Crippen LogP contribution >= 0.6 is 27.3 Å². The molecule has 1 saturated heterocycles. The van der Waals surface area contributed by atoms with E-state index in [0.29, 0.717) is 38.5 Å². The molecule has 6 nitrogen and oxygen atoms in total. The van der Waals surface area contributed by atoms with Crippen LogP contribution in [-0.2, 0) is 21.3 Å². The number of rotatable bonds is 6. The number of thiazole rings is 1. The lowest BCUT2D eigenvalue weighted by Crippen LogP contribution is -2.40. The van der Waals surface area contributed by atoms with Crippen LogP contribution < -0.4 is 4.80 Å². The number of morpholine rings is 1. The lowest BCUT2D eigenvalue weighted by molar-refractivity contribution is 0.0730. The van der Waals surface area contributed by atoms with Gasteiger partial charge in [0.15, 0.2) is 4.80 Å². The van der Waals surface area contributed by atoms with E-state index in [9.17, 15) is 8.42 Å². The lowest BCUT2D eigenvalue weighted by atomic mass is 10.1. The van der Waals surface area contributed by atoms with Crippen molar-refractivity contribution in [1.82, 2.24) is 8.87 Å². The first-order chi connectivity index (χ1) is 17.0. The molecule has 2 heterocycles. The average molecular weight is 571 g/mol. The molecule has 9 heteroatoms. The Bertz CT molecular complexity index is 1460. The second-order valence-corrected chi connectivity index (χ2v) is 11.8. The number of halogens is 1. The predicted molar refractivity (Wildman–Crippen MR) is 142 cm³/mol. The third-order valence-electron chi connectivity index (χ3n) is 5.79. The minimum atomic E-state index is -3.53. The van der Waals surface area contributed by atoms with Gasteiger partial charge in [0.05, 0.1) is 36.0 Å². The van der Waals surface area contributed by atoms with Gasteiger partial charge in [0, 0.05) is 22.9 Å². The molecule has 1 aliphatic rings. The number of ether oxygens (including phenoxy) is 1. The number of benzene rings is 3. The third-order valence-corrected chi connectivity index (χ3v) is 9.10. The van der Waals surface area contributed by atoms with Gasteiger partial charge in [-0.25, -0.2) is 13.4 Å². The summed E-state index contributed by atoms with van der Waals surface area (Å²) < 4.78 is 35.8. The molecule has 1 aliphatic heterocycles. The Hall–Kier alpha value is -2.56. The topological polar surface area (TPSA) is 63.9 Å². The Labute approximate surface area is 217 Å². The zero-order chi connectivity index (χ0) is 24.3. The van der Waals surface area contributed by atoms with Gasteiger partial charge >= 0.3 is 0 Å². The molecule has 0 N–H and O–H groups in total. The molecule has 3 aromatic carbocycles. The van der Waals surface area contributed by atoms with Crippen LogP contribution in [0.25, 0.3) is 11.3 Å². The van der Waals surface area contributed by atoms with Gasteiger partial charge in [-0.3, -0.25) is 0 Å². The maximum absolute atomic E-state index is 12.9. The van der Waals surface area contributed by atoms with Crippen molar-refractivity contribution < 1.29 is 13.2 Å². The normalized spacial score (nSPS) is 15.4. The molecule has 0 aliphatic carbocycles. The van der Waals surface area contributed by atoms with Crippen molar-refractivity contribution in [2.75, 3.05) is 26.3 Å². The summed E-state index contributed by atoms with van der Waals surface area (Å²) in [6.07, 6.45) is 0. The van der Waals surface area contributed by atoms with Crippen LogP contribution in [0.4, 0.5) is 5.69 Å². The summed E-state index contributed by atoms with van der Waals surface area (Å²) in [6.45, 7) is 2.28. The van der Waals surface area contributed by atoms with Crippen LogP contribution in [-0.4, -0.2) is 43.6 Å². The first kappa shape index (κ1) is 24.1. The summed E-state index contributed by atoms with van der Waals surface area (Å²) in [6, 6.07) is 25.3. The van der Waals surface area contributed by atoms with Crippen LogP contribution in [0, 0.1) is 0 Å². The number of hydrogen-bond acceptors (Lipinski definition) is 5. The molecule has 5 rings (SSSR count). The largest absolute Gasteiger partial charge is 0.379 e. The van der Waals surface area contributed by atoms with Crippen molar-refractivity contribution in [2.45, 2.75) is 11.4 Å². The highest BCUT2D eigenvalue weighted by Gasteiger charge is 2.26. The van der Waals surface area contributed by atoms with Crippen LogP contribution in [0.2, 0.25) is 0 Å². The second-order valence-electron chi connectivity index (χ2n) is 8.10. The van der Waals surface area contributed by atoms with Crippen molar-refractivity contribution in [3.63, 3.8) is 0 Å². The molecule has 0 bridgehead atoms. The van der Waals surface area contributed by atoms with Crippen molar-refractivity contribution >= 4 is 43.0 Å². The highest BCUT2D eigenvalue weighted by molar-refractivity contribution is 9.10. The van der Waals surface area contributed by atoms with Crippen molar-refractivity contribution in [2.24, 2.45) is 4.99 Å². The Morgan fingerprint density at radius 1 is 0.914 bits per heavy atom. The van der Waals surface area contributed by atoms with E-state index < -0.39 is 10.0 Å². The summed E-state index contributed by atoms with van der Waals surface area (Å²) in [5, 5.41) is 2.11. The molecule has 0 atom stereocenters. The molecule has 0 amide bonds. The molecule has 4 aromatic rings. The minimum Gasteiger partial charge on any atom is -0.379 e. The first-order valence-electron chi connectivity index (χ1n) is 11.2. The Morgan fingerprint density at radius 2 is 1.60 bits per heavy atom. The smallest absolute Gasteiger partial charge is 0.243 e. The standard InChI is InChI=1S/C26H24BrN3O3S2/c27-22-8-6-21(7-9-22)25-19-34-26(30(25)18-20-4-2-1-3-5-20)28-23-10-12-24(13-11-23)35(31,32)29-14-16-33-17-15-29/h1-13,19H,14-18H2. The molecular weight excluding hydrogens is 546 g/mol. The van der Waals surface area contributed by atoms with Gasteiger partial charge in [-0.1, -0.05) is 58.4 Å². The van der Waals surface area contributed by atoms with Gasteiger partial charge in [-0.15, -0.1) is 11.3 Å². The number of aromatic nitrogens is 1. The van der Waals surface area contributed by atoms with Crippen molar-refractivity contribution in [3.8, 4) is 11.3 Å². The molecule has 0 unspecified atom stereocenters. The fourth-order valence-corrected chi connectivity index (χ4v) is 6.53. The summed E-state index contributed by atoms with van der Waals surface area (Å²) >= 11 is 5.08. The lowest BCUT2D eigenvalue weighted by Gasteiger charge is -2.26. The van der Waals surface area contributed by atoms with Gasteiger partial charge < -0.3 is 9.30 Å². The molecule has 180 valence electrons. The SMILES string of the molecule is O=S(=O)(c1ccc(N=c2scc(-c3ccc(Br)cc3)n2Cc2ccccc2)cc1)N1CCOCC1. The van der Waals surface area contributed by atoms with E-state index >= 15 is 0 Å². The molecule has 1 fully saturated rings. The molecule has 35 heavy (non-hydrogen) atoms. The van der Waals surface area contributed by atoms with E-state index in [4.69, 9.17) is 9.73 Å². The molecule has 0 saturated carbocycles. The predicted octanol–water partition coefficient (Wildman–Crippen LogP) is 5.28. The number of hydrogen-bond donors (Lipinski definition) is 0. The van der Waals surface area contributed by atoms with Crippen LogP contribution in [0.1, 0.15) is 5.56 Å². The van der Waals surface area contributed by atoms with Gasteiger partial charge in [0.25, 0.3) is 0 Å². The van der Waals surface area contributed by atoms with E-state index in [1.807, 2.05) is 30.3 Å². The van der Waals surface area contributed by atoms with Crippen molar-refractivity contribution in [3.05, 3.63) is 99.1 Å². The van der Waals surface area contributed by atoms with Crippen molar-refractivity contribution in [1.29, 1.82) is 0 Å². The Kier molecular flexibility index (Phi) is 7.31. The number of sulfonamides is 1. The highest BCUT2D eigenvalue weighted by atomic mass is 79.9. The fourth-order valence-electron chi connectivity index (χ4n) is 3.93. The number of nitrogens with zero attached hydrogens (tertiary/aromatic N) is 3. The highest BCUT2D eigenvalue weighted by Crippen LogP contribution is 2.25. The zero-order valence-electron chi connectivity index (χ0n) is 18.9. The molecule has 0 spiro atoms. The summed E-state index contributed by atoms with van der Waals surface area (Å²) in [5.41, 5.74) is 4.07. The Morgan fingerprint density at radius 3 is 2.29 bits per heavy atom. The van der Waals surface area contributed by atoms with Crippen LogP contribution in [0.15, 0.2) is 98.6 Å². The zero-order valence-corrected chi connectivity index (χ0v) is 22.1. The quantitative estimate of drug-likeness (QED) is 0.317. The minimum absolute atomic E-state index is 0.275. The first-order valence-corrected chi connectivity index (χ1v) is 14.3. The van der Waals surface area contributed by atoms with Gasteiger partial charge in [0.2, 0.25) is 10.0 Å².